The van der Waals surface area contributed by atoms with E-state index < -0.39 is 10.0 Å². The number of amides is 2. The van der Waals surface area contributed by atoms with E-state index in [4.69, 9.17) is 0 Å². The second-order valence-electron chi connectivity index (χ2n) is 8.24. The topological polar surface area (TPSA) is 86.8 Å². The molecule has 2 fully saturated rings. The summed E-state index contributed by atoms with van der Waals surface area (Å²) in [6, 6.07) is 8.29. The maximum atomic E-state index is 13.0. The lowest BCUT2D eigenvalue weighted by Gasteiger charge is -2.25. The molecule has 7 nitrogen and oxygen atoms in total. The minimum Gasteiger partial charge on any atom is -0.354 e. The highest BCUT2D eigenvalue weighted by Gasteiger charge is 2.26. The van der Waals surface area contributed by atoms with Crippen LogP contribution >= 0.6 is 0 Å². The third kappa shape index (κ3) is 6.28. The third-order valence-corrected chi connectivity index (χ3v) is 8.02. The van der Waals surface area contributed by atoms with Crippen molar-refractivity contribution >= 4 is 21.8 Å². The molecule has 1 N–H and O–H groups in total. The molecule has 30 heavy (non-hydrogen) atoms. The van der Waals surface area contributed by atoms with Gasteiger partial charge in [-0.1, -0.05) is 43.9 Å². The molecule has 166 valence electrons. The summed E-state index contributed by atoms with van der Waals surface area (Å²) in [7, 11) is -3.67. The predicted molar refractivity (Wildman–Crippen MR) is 115 cm³/mol. The summed E-state index contributed by atoms with van der Waals surface area (Å²) >= 11 is 0. The van der Waals surface area contributed by atoms with Crippen molar-refractivity contribution in [3.8, 4) is 0 Å². The summed E-state index contributed by atoms with van der Waals surface area (Å²) in [5.41, 5.74) is 0. The molecule has 0 atom stereocenters. The molecular formula is C22H33N3O4S. The van der Waals surface area contributed by atoms with Gasteiger partial charge in [-0.3, -0.25) is 9.59 Å². The number of carbonyl (C=O) groups is 2. The van der Waals surface area contributed by atoms with E-state index in [0.717, 1.165) is 6.42 Å². The SMILES string of the molecule is O=C1CCN(S(=O)(=O)c2ccccc2)CCCN(C(=O)CCC2CCCC2)CCN1. The lowest BCUT2D eigenvalue weighted by atomic mass is 10.0. The molecule has 0 spiro atoms. The fourth-order valence-corrected chi connectivity index (χ4v) is 5.82. The van der Waals surface area contributed by atoms with E-state index in [9.17, 15) is 18.0 Å². The van der Waals surface area contributed by atoms with E-state index in [2.05, 4.69) is 5.32 Å². The molecule has 8 heteroatoms. The lowest BCUT2D eigenvalue weighted by Crippen LogP contribution is -2.39. The van der Waals surface area contributed by atoms with Crippen molar-refractivity contribution in [2.45, 2.75) is 56.3 Å². The van der Waals surface area contributed by atoms with Crippen molar-refractivity contribution in [2.75, 3.05) is 32.7 Å². The number of hydrogen-bond donors (Lipinski definition) is 1. The third-order valence-electron chi connectivity index (χ3n) is 6.10. The zero-order chi connectivity index (χ0) is 21.4. The molecule has 2 amide bonds. The first-order chi connectivity index (χ1) is 14.5. The Labute approximate surface area is 179 Å². The lowest BCUT2D eigenvalue weighted by molar-refractivity contribution is -0.132. The minimum atomic E-state index is -3.67. The summed E-state index contributed by atoms with van der Waals surface area (Å²) in [5, 5.41) is 2.82. The van der Waals surface area contributed by atoms with Crippen LogP contribution in [0.2, 0.25) is 0 Å². The normalized spacial score (nSPS) is 20.5. The van der Waals surface area contributed by atoms with Crippen LogP contribution in [0.3, 0.4) is 0 Å². The van der Waals surface area contributed by atoms with Gasteiger partial charge in [-0.2, -0.15) is 4.31 Å². The van der Waals surface area contributed by atoms with Crippen molar-refractivity contribution in [2.24, 2.45) is 5.92 Å². The highest BCUT2D eigenvalue weighted by atomic mass is 32.2. The molecule has 1 aromatic rings. The van der Waals surface area contributed by atoms with E-state index in [0.29, 0.717) is 38.4 Å². The Morgan fingerprint density at radius 1 is 1.00 bits per heavy atom. The quantitative estimate of drug-likeness (QED) is 0.769. The van der Waals surface area contributed by atoms with Crippen LogP contribution in [-0.4, -0.2) is 62.2 Å². The van der Waals surface area contributed by atoms with Crippen molar-refractivity contribution in [3.63, 3.8) is 0 Å². The number of hydrogen-bond acceptors (Lipinski definition) is 4. The first-order valence-corrected chi connectivity index (χ1v) is 12.5. The average Bonchev–Trinajstić information content (AvgIpc) is 3.25. The van der Waals surface area contributed by atoms with Gasteiger partial charge in [-0.15, -0.1) is 0 Å². The van der Waals surface area contributed by atoms with E-state index in [1.165, 1.54) is 30.0 Å². The number of carbonyl (C=O) groups excluding carboxylic acids is 2. The molecule has 1 aliphatic heterocycles. The molecule has 0 aromatic heterocycles. The molecule has 1 saturated heterocycles. The van der Waals surface area contributed by atoms with E-state index in [1.54, 1.807) is 35.2 Å². The van der Waals surface area contributed by atoms with Gasteiger partial charge in [0.15, 0.2) is 0 Å². The number of rotatable bonds is 5. The summed E-state index contributed by atoms with van der Waals surface area (Å²) in [4.78, 5) is 26.9. The summed E-state index contributed by atoms with van der Waals surface area (Å²) < 4.78 is 27.4. The zero-order valence-corrected chi connectivity index (χ0v) is 18.4. The Kier molecular flexibility index (Phi) is 8.27. The first-order valence-electron chi connectivity index (χ1n) is 11.1. The molecule has 1 heterocycles. The largest absolute Gasteiger partial charge is 0.354 e. The van der Waals surface area contributed by atoms with Crippen LogP contribution < -0.4 is 5.32 Å². The molecule has 0 bridgehead atoms. The maximum absolute atomic E-state index is 13.0. The standard InChI is InChI=1S/C22H33N3O4S/c26-21-13-17-25(30(28,29)20-9-2-1-3-10-20)16-6-15-24(18-14-23-21)22(27)12-11-19-7-4-5-8-19/h1-3,9-10,19H,4-8,11-18H2,(H,23,26). The Morgan fingerprint density at radius 2 is 1.73 bits per heavy atom. The van der Waals surface area contributed by atoms with Gasteiger partial charge in [0.2, 0.25) is 21.8 Å². The van der Waals surface area contributed by atoms with Crippen molar-refractivity contribution in [1.82, 2.24) is 14.5 Å². The smallest absolute Gasteiger partial charge is 0.243 e. The van der Waals surface area contributed by atoms with Crippen molar-refractivity contribution in [1.29, 1.82) is 0 Å². The molecule has 0 unspecified atom stereocenters. The second-order valence-corrected chi connectivity index (χ2v) is 10.2. The fourth-order valence-electron chi connectivity index (χ4n) is 4.32. The van der Waals surface area contributed by atoms with Crippen LogP contribution in [0, 0.1) is 5.92 Å². The second kappa shape index (κ2) is 10.9. The van der Waals surface area contributed by atoms with Crippen molar-refractivity contribution < 1.29 is 18.0 Å². The fraction of sp³-hybridized carbons (Fsp3) is 0.636. The molecule has 1 saturated carbocycles. The van der Waals surface area contributed by atoms with Crippen molar-refractivity contribution in [3.05, 3.63) is 30.3 Å². The molecule has 1 aliphatic carbocycles. The number of benzene rings is 1. The minimum absolute atomic E-state index is 0.105. The van der Waals surface area contributed by atoms with Gasteiger partial charge in [0, 0.05) is 45.6 Å². The van der Waals surface area contributed by atoms with Crippen LogP contribution in [-0.2, 0) is 19.6 Å². The summed E-state index contributed by atoms with van der Waals surface area (Å²) in [6.07, 6.45) is 7.09. The van der Waals surface area contributed by atoms with Gasteiger partial charge in [0.25, 0.3) is 0 Å². The van der Waals surface area contributed by atoms with Crippen LogP contribution in [0.1, 0.15) is 51.4 Å². The number of sulfonamides is 1. The maximum Gasteiger partial charge on any atom is 0.243 e. The van der Waals surface area contributed by atoms with Gasteiger partial charge in [0.1, 0.15) is 0 Å². The highest BCUT2D eigenvalue weighted by Crippen LogP contribution is 2.28. The zero-order valence-electron chi connectivity index (χ0n) is 17.6. The molecular weight excluding hydrogens is 402 g/mol. The van der Waals surface area contributed by atoms with E-state index in [-0.39, 0.29) is 36.2 Å². The van der Waals surface area contributed by atoms with Gasteiger partial charge in [0.05, 0.1) is 4.90 Å². The summed E-state index contributed by atoms with van der Waals surface area (Å²) in [6.45, 7) is 1.80. The molecule has 3 rings (SSSR count). The van der Waals surface area contributed by atoms with E-state index in [1.807, 2.05) is 0 Å². The Hall–Kier alpha value is -1.93. The van der Waals surface area contributed by atoms with Crippen LogP contribution in [0.4, 0.5) is 0 Å². The summed E-state index contributed by atoms with van der Waals surface area (Å²) in [5.74, 6) is 0.570. The molecule has 0 radical (unpaired) electrons. The number of nitrogens with zero attached hydrogens (tertiary/aromatic N) is 2. The van der Waals surface area contributed by atoms with Gasteiger partial charge in [-0.05, 0) is 30.9 Å². The molecule has 1 aromatic carbocycles. The highest BCUT2D eigenvalue weighted by molar-refractivity contribution is 7.89. The predicted octanol–water partition coefficient (Wildman–Crippen LogP) is 2.39. The first kappa shape index (κ1) is 22.7. The number of nitrogens with one attached hydrogen (secondary N) is 1. The van der Waals surface area contributed by atoms with E-state index >= 15 is 0 Å². The average molecular weight is 436 g/mol. The van der Waals surface area contributed by atoms with Gasteiger partial charge in [-0.25, -0.2) is 8.42 Å². The Balaban J connectivity index is 1.64. The van der Waals surface area contributed by atoms with Crippen LogP contribution in [0.5, 0.6) is 0 Å². The Bertz CT molecular complexity index is 807. The van der Waals surface area contributed by atoms with Gasteiger partial charge >= 0.3 is 0 Å². The van der Waals surface area contributed by atoms with Gasteiger partial charge < -0.3 is 10.2 Å². The van der Waals surface area contributed by atoms with Crippen LogP contribution in [0.25, 0.3) is 0 Å². The van der Waals surface area contributed by atoms with Crippen LogP contribution in [0.15, 0.2) is 35.2 Å². The Morgan fingerprint density at radius 3 is 2.47 bits per heavy atom. The molecule has 2 aliphatic rings. The monoisotopic (exact) mass is 435 g/mol.